The minimum atomic E-state index is -4.58. The van der Waals surface area contributed by atoms with Crippen LogP contribution in [0.15, 0.2) is 41.4 Å². The number of nitrogens with zero attached hydrogens (tertiary/aromatic N) is 2. The number of fused-ring (bicyclic) bond motifs is 2. The summed E-state index contributed by atoms with van der Waals surface area (Å²) >= 11 is 1.16. The highest BCUT2D eigenvalue weighted by Crippen LogP contribution is 2.36. The Labute approximate surface area is 190 Å². The maximum atomic E-state index is 13.0. The number of halogens is 3. The summed E-state index contributed by atoms with van der Waals surface area (Å²) in [5.74, 6) is -0.178. The van der Waals surface area contributed by atoms with Gasteiger partial charge in [0.15, 0.2) is 16.3 Å². The van der Waals surface area contributed by atoms with E-state index in [-0.39, 0.29) is 29.9 Å². The molecular weight excluding hydrogens is 461 g/mol. The van der Waals surface area contributed by atoms with Crippen molar-refractivity contribution in [1.29, 1.82) is 0 Å². The Bertz CT molecular complexity index is 1280. The Morgan fingerprint density at radius 3 is 2.58 bits per heavy atom. The second-order valence-corrected chi connectivity index (χ2v) is 8.06. The molecule has 11 heteroatoms. The number of esters is 1. The first-order valence-electron chi connectivity index (χ1n) is 10.1. The number of aromatic nitrogens is 1. The first kappa shape index (κ1) is 22.8. The highest BCUT2D eigenvalue weighted by Gasteiger charge is 2.31. The number of alkyl halides is 3. The molecule has 0 spiro atoms. The largest absolute Gasteiger partial charge is 0.486 e. The number of ether oxygens (including phenoxy) is 3. The summed E-state index contributed by atoms with van der Waals surface area (Å²) in [6.45, 7) is 2.88. The summed E-state index contributed by atoms with van der Waals surface area (Å²) in [4.78, 5) is 29.0. The molecule has 0 bridgehead atoms. The van der Waals surface area contributed by atoms with E-state index >= 15 is 0 Å². The van der Waals surface area contributed by atoms with Crippen molar-refractivity contribution in [3.63, 3.8) is 0 Å². The molecule has 0 saturated heterocycles. The molecule has 1 amide bonds. The van der Waals surface area contributed by atoms with Crippen LogP contribution in [0.5, 0.6) is 11.5 Å². The molecule has 0 radical (unpaired) electrons. The van der Waals surface area contributed by atoms with Gasteiger partial charge in [0.05, 0.1) is 28.8 Å². The summed E-state index contributed by atoms with van der Waals surface area (Å²) in [5, 5.41) is 0. The van der Waals surface area contributed by atoms with Crippen LogP contribution in [0.25, 0.3) is 10.2 Å². The van der Waals surface area contributed by atoms with Crippen molar-refractivity contribution in [2.24, 2.45) is 4.99 Å². The van der Waals surface area contributed by atoms with Gasteiger partial charge in [-0.2, -0.15) is 18.2 Å². The molecule has 1 aromatic heterocycles. The number of amides is 1. The minimum absolute atomic E-state index is 0.0268. The van der Waals surface area contributed by atoms with Crippen molar-refractivity contribution < 1.29 is 37.0 Å². The third-order valence-corrected chi connectivity index (χ3v) is 5.87. The third kappa shape index (κ3) is 5.03. The number of aryl methyl sites for hydroxylation is 1. The number of benzene rings is 2. The van der Waals surface area contributed by atoms with Crippen molar-refractivity contribution in [3.8, 4) is 11.5 Å². The zero-order valence-corrected chi connectivity index (χ0v) is 18.3. The van der Waals surface area contributed by atoms with Gasteiger partial charge in [0, 0.05) is 24.2 Å². The molecule has 0 saturated carbocycles. The van der Waals surface area contributed by atoms with Crippen LogP contribution >= 0.6 is 11.3 Å². The molecule has 3 aromatic rings. The van der Waals surface area contributed by atoms with Crippen LogP contribution in [-0.4, -0.2) is 36.3 Å². The molecule has 0 unspecified atom stereocenters. The van der Waals surface area contributed by atoms with Gasteiger partial charge >= 0.3 is 12.1 Å². The SMILES string of the molecule is CCOC(=O)CCn1c(=NC(=O)c2cccc(C(F)(F)F)c2)sc2cc3c(cc21)OCCO3. The number of carbonyl (C=O) groups excluding carboxylic acids is 2. The molecule has 1 aliphatic heterocycles. The first-order valence-corrected chi connectivity index (χ1v) is 10.9. The Balaban J connectivity index is 1.78. The number of rotatable bonds is 5. The average molecular weight is 480 g/mol. The van der Waals surface area contributed by atoms with E-state index in [9.17, 15) is 22.8 Å². The number of thiazole rings is 1. The smallest absolute Gasteiger partial charge is 0.416 e. The van der Waals surface area contributed by atoms with Crippen molar-refractivity contribution in [2.75, 3.05) is 19.8 Å². The summed E-state index contributed by atoms with van der Waals surface area (Å²) in [6, 6.07) is 7.58. The maximum Gasteiger partial charge on any atom is 0.416 e. The Morgan fingerprint density at radius 1 is 1.15 bits per heavy atom. The number of hydrogen-bond donors (Lipinski definition) is 0. The van der Waals surface area contributed by atoms with Crippen LogP contribution < -0.4 is 14.3 Å². The van der Waals surface area contributed by atoms with Gasteiger partial charge in [-0.15, -0.1) is 0 Å². The van der Waals surface area contributed by atoms with E-state index < -0.39 is 23.6 Å². The molecule has 0 aliphatic carbocycles. The van der Waals surface area contributed by atoms with E-state index in [2.05, 4.69) is 4.99 Å². The highest BCUT2D eigenvalue weighted by molar-refractivity contribution is 7.16. The molecule has 2 aromatic carbocycles. The fourth-order valence-electron chi connectivity index (χ4n) is 3.32. The van der Waals surface area contributed by atoms with Crippen LogP contribution in [0.1, 0.15) is 29.3 Å². The van der Waals surface area contributed by atoms with Gasteiger partial charge in [0.1, 0.15) is 13.2 Å². The molecule has 0 N–H and O–H groups in total. The quantitative estimate of drug-likeness (QED) is 0.512. The second kappa shape index (κ2) is 9.26. The van der Waals surface area contributed by atoms with Gasteiger partial charge in [0.25, 0.3) is 5.91 Å². The first-order chi connectivity index (χ1) is 15.8. The van der Waals surface area contributed by atoms with Crippen molar-refractivity contribution in [3.05, 3.63) is 52.3 Å². The molecular formula is C22H19F3N2O5S. The fraction of sp³-hybridized carbons (Fsp3) is 0.318. The lowest BCUT2D eigenvalue weighted by Crippen LogP contribution is -2.20. The Hall–Kier alpha value is -3.34. The highest BCUT2D eigenvalue weighted by atomic mass is 32.1. The van der Waals surface area contributed by atoms with E-state index in [4.69, 9.17) is 14.2 Å². The van der Waals surface area contributed by atoms with Gasteiger partial charge in [-0.05, 0) is 25.1 Å². The lowest BCUT2D eigenvalue weighted by atomic mass is 10.1. The molecule has 33 heavy (non-hydrogen) atoms. The summed E-state index contributed by atoms with van der Waals surface area (Å²) < 4.78 is 57.7. The normalized spacial score (nSPS) is 13.9. The molecule has 2 heterocycles. The van der Waals surface area contributed by atoms with E-state index in [0.717, 1.165) is 34.2 Å². The molecule has 4 rings (SSSR count). The monoisotopic (exact) mass is 480 g/mol. The van der Waals surface area contributed by atoms with Crippen LogP contribution in [0.2, 0.25) is 0 Å². The Kier molecular flexibility index (Phi) is 6.41. The molecule has 0 atom stereocenters. The zero-order chi connectivity index (χ0) is 23.6. The van der Waals surface area contributed by atoms with E-state index in [1.165, 1.54) is 6.07 Å². The molecule has 0 fully saturated rings. The van der Waals surface area contributed by atoms with Gasteiger partial charge in [-0.3, -0.25) is 9.59 Å². The molecule has 7 nitrogen and oxygen atoms in total. The Morgan fingerprint density at radius 2 is 1.88 bits per heavy atom. The number of carbonyl (C=O) groups is 2. The van der Waals surface area contributed by atoms with Crippen molar-refractivity contribution >= 4 is 33.4 Å². The maximum absolute atomic E-state index is 13.0. The fourth-order valence-corrected chi connectivity index (χ4v) is 4.39. The summed E-state index contributed by atoms with van der Waals surface area (Å²) in [7, 11) is 0. The van der Waals surface area contributed by atoms with E-state index in [1.54, 1.807) is 23.6 Å². The van der Waals surface area contributed by atoms with E-state index in [1.807, 2.05) is 0 Å². The lowest BCUT2D eigenvalue weighted by Gasteiger charge is -2.18. The molecule has 1 aliphatic rings. The second-order valence-electron chi connectivity index (χ2n) is 7.05. The summed E-state index contributed by atoms with van der Waals surface area (Å²) in [6.07, 6.45) is -4.55. The predicted octanol–water partition coefficient (Wildman–Crippen LogP) is 4.19. The van der Waals surface area contributed by atoms with Crippen LogP contribution in [-0.2, 0) is 22.3 Å². The summed E-state index contributed by atoms with van der Waals surface area (Å²) in [5.41, 5.74) is -0.466. The van der Waals surface area contributed by atoms with Gasteiger partial charge < -0.3 is 18.8 Å². The minimum Gasteiger partial charge on any atom is -0.486 e. The standard InChI is InChI=1S/C22H19F3N2O5S/c1-2-30-19(28)6-7-27-15-11-16-17(32-9-8-31-16)12-18(15)33-21(27)26-20(29)13-4-3-5-14(10-13)22(23,24)25/h3-5,10-12H,2,6-9H2,1H3. The van der Waals surface area contributed by atoms with Gasteiger partial charge in [-0.25, -0.2) is 0 Å². The number of hydrogen-bond acceptors (Lipinski definition) is 6. The molecule has 174 valence electrons. The van der Waals surface area contributed by atoms with Crippen LogP contribution in [0, 0.1) is 0 Å². The lowest BCUT2D eigenvalue weighted by molar-refractivity contribution is -0.143. The van der Waals surface area contributed by atoms with Crippen LogP contribution in [0.3, 0.4) is 0 Å². The van der Waals surface area contributed by atoms with Gasteiger partial charge in [-0.1, -0.05) is 17.4 Å². The topological polar surface area (TPSA) is 79.1 Å². The van der Waals surface area contributed by atoms with Crippen molar-refractivity contribution in [2.45, 2.75) is 26.1 Å². The third-order valence-electron chi connectivity index (χ3n) is 4.83. The van der Waals surface area contributed by atoms with E-state index in [0.29, 0.717) is 30.2 Å². The van der Waals surface area contributed by atoms with Crippen molar-refractivity contribution in [1.82, 2.24) is 4.57 Å². The van der Waals surface area contributed by atoms with Gasteiger partial charge in [0.2, 0.25) is 0 Å². The average Bonchev–Trinajstić information content (AvgIpc) is 3.11. The van der Waals surface area contributed by atoms with Crippen LogP contribution in [0.4, 0.5) is 13.2 Å². The predicted molar refractivity (Wildman–Crippen MR) is 113 cm³/mol. The zero-order valence-electron chi connectivity index (χ0n) is 17.5.